The van der Waals surface area contributed by atoms with Gasteiger partial charge in [0, 0.05) is 50.5 Å². The molecule has 1 heterocycles. The molecule has 1 saturated carbocycles. The van der Waals surface area contributed by atoms with Crippen molar-refractivity contribution in [3.63, 3.8) is 0 Å². The maximum Gasteiger partial charge on any atom is 0.248 e. The van der Waals surface area contributed by atoms with Gasteiger partial charge in [0.25, 0.3) is 0 Å². The third-order valence-corrected chi connectivity index (χ3v) is 6.31. The van der Waals surface area contributed by atoms with Gasteiger partial charge in [-0.3, -0.25) is 9.69 Å². The SMILES string of the molecule is COC(CN(C)CC=CC(=O)Nc1cc2c(Nc3ccc(F)c(Cl)c3)ncnc2cc1OCC1CC1)OC. The zero-order chi connectivity index (χ0) is 27.1. The Kier molecular flexibility index (Phi) is 9.46. The summed E-state index contributed by atoms with van der Waals surface area (Å²) in [4.78, 5) is 23.5. The van der Waals surface area contributed by atoms with E-state index in [1.807, 2.05) is 11.9 Å². The lowest BCUT2D eigenvalue weighted by molar-refractivity contribution is -0.112. The van der Waals surface area contributed by atoms with Gasteiger partial charge in [-0.25, -0.2) is 14.4 Å². The number of nitrogens with one attached hydrogen (secondary N) is 2. The van der Waals surface area contributed by atoms with Crippen molar-refractivity contribution in [3.05, 3.63) is 59.7 Å². The Morgan fingerprint density at radius 1 is 1.24 bits per heavy atom. The molecule has 1 fully saturated rings. The first kappa shape index (κ1) is 27.7. The molecule has 38 heavy (non-hydrogen) atoms. The Hall–Kier alpha value is -3.31. The van der Waals surface area contributed by atoms with Gasteiger partial charge < -0.3 is 24.8 Å². The molecule has 0 radical (unpaired) electrons. The van der Waals surface area contributed by atoms with Crippen molar-refractivity contribution in [2.45, 2.75) is 19.1 Å². The molecule has 0 saturated heterocycles. The van der Waals surface area contributed by atoms with Crippen molar-refractivity contribution in [2.75, 3.05) is 51.6 Å². The third-order valence-electron chi connectivity index (χ3n) is 6.02. The van der Waals surface area contributed by atoms with E-state index in [1.165, 1.54) is 24.5 Å². The van der Waals surface area contributed by atoms with E-state index in [0.29, 0.717) is 59.5 Å². The second kappa shape index (κ2) is 13.0. The van der Waals surface area contributed by atoms with E-state index in [1.54, 1.807) is 38.5 Å². The molecule has 0 atom stereocenters. The van der Waals surface area contributed by atoms with Crippen LogP contribution < -0.4 is 15.4 Å². The normalized spacial score (nSPS) is 13.6. The maximum atomic E-state index is 13.6. The first-order valence-electron chi connectivity index (χ1n) is 12.2. The number of aromatic nitrogens is 2. The van der Waals surface area contributed by atoms with Gasteiger partial charge >= 0.3 is 0 Å². The summed E-state index contributed by atoms with van der Waals surface area (Å²) >= 11 is 5.93. The highest BCUT2D eigenvalue weighted by molar-refractivity contribution is 6.31. The number of carbonyl (C=O) groups excluding carboxylic acids is 1. The predicted molar refractivity (Wildman–Crippen MR) is 146 cm³/mol. The fourth-order valence-corrected chi connectivity index (χ4v) is 3.87. The molecule has 3 aromatic rings. The first-order chi connectivity index (χ1) is 18.4. The third kappa shape index (κ3) is 7.61. The van der Waals surface area contributed by atoms with Gasteiger partial charge in [-0.05, 0) is 50.1 Å². The number of benzene rings is 2. The van der Waals surface area contributed by atoms with Crippen molar-refractivity contribution in [3.8, 4) is 5.75 Å². The van der Waals surface area contributed by atoms with Crippen LogP contribution in [-0.2, 0) is 14.3 Å². The molecule has 0 unspecified atom stereocenters. The molecular weight excluding hydrogens is 513 g/mol. The van der Waals surface area contributed by atoms with Gasteiger partial charge in [0.2, 0.25) is 5.91 Å². The monoisotopic (exact) mass is 543 g/mol. The fourth-order valence-electron chi connectivity index (χ4n) is 3.69. The molecule has 202 valence electrons. The zero-order valence-corrected chi connectivity index (χ0v) is 22.3. The van der Waals surface area contributed by atoms with Gasteiger partial charge in [0.15, 0.2) is 6.29 Å². The highest BCUT2D eigenvalue weighted by Gasteiger charge is 2.23. The van der Waals surface area contributed by atoms with E-state index in [0.717, 1.165) is 12.8 Å². The highest BCUT2D eigenvalue weighted by atomic mass is 35.5. The van der Waals surface area contributed by atoms with Crippen molar-refractivity contribution >= 4 is 45.6 Å². The number of hydrogen-bond donors (Lipinski definition) is 2. The molecule has 1 aromatic heterocycles. The number of ether oxygens (including phenoxy) is 3. The van der Waals surface area contributed by atoms with Gasteiger partial charge in [0.1, 0.15) is 23.7 Å². The second-order valence-corrected chi connectivity index (χ2v) is 9.52. The van der Waals surface area contributed by atoms with Crippen molar-refractivity contribution < 1.29 is 23.4 Å². The van der Waals surface area contributed by atoms with Crippen LogP contribution in [0.2, 0.25) is 5.02 Å². The largest absolute Gasteiger partial charge is 0.491 e. The summed E-state index contributed by atoms with van der Waals surface area (Å²) in [6.45, 7) is 1.65. The minimum atomic E-state index is -0.510. The number of hydrogen-bond acceptors (Lipinski definition) is 8. The molecule has 1 aliphatic rings. The van der Waals surface area contributed by atoms with Crippen LogP contribution >= 0.6 is 11.6 Å². The number of fused-ring (bicyclic) bond motifs is 1. The average molecular weight is 544 g/mol. The van der Waals surface area contributed by atoms with Gasteiger partial charge in [-0.2, -0.15) is 0 Å². The van der Waals surface area contributed by atoms with E-state index >= 15 is 0 Å². The number of carbonyl (C=O) groups is 1. The molecular formula is C27H31ClFN5O4. The highest BCUT2D eigenvalue weighted by Crippen LogP contribution is 2.36. The summed E-state index contributed by atoms with van der Waals surface area (Å²) in [5.41, 5.74) is 1.68. The molecule has 0 aliphatic heterocycles. The average Bonchev–Trinajstić information content (AvgIpc) is 3.73. The maximum absolute atomic E-state index is 13.6. The van der Waals surface area contributed by atoms with Crippen molar-refractivity contribution in [2.24, 2.45) is 5.92 Å². The smallest absolute Gasteiger partial charge is 0.248 e. The van der Waals surface area contributed by atoms with Crippen molar-refractivity contribution in [1.29, 1.82) is 0 Å². The van der Waals surface area contributed by atoms with Gasteiger partial charge in [-0.15, -0.1) is 0 Å². The van der Waals surface area contributed by atoms with Crippen LogP contribution in [0.3, 0.4) is 0 Å². The number of amides is 1. The summed E-state index contributed by atoms with van der Waals surface area (Å²) in [6, 6.07) is 7.87. The first-order valence-corrected chi connectivity index (χ1v) is 12.6. The van der Waals surface area contributed by atoms with Crippen LogP contribution in [0.5, 0.6) is 5.75 Å². The number of halogens is 2. The molecule has 0 bridgehead atoms. The quantitative estimate of drug-likeness (QED) is 0.230. The summed E-state index contributed by atoms with van der Waals surface area (Å²) in [5.74, 6) is 0.716. The summed E-state index contributed by atoms with van der Waals surface area (Å²) in [5, 5.41) is 6.71. The lowest BCUT2D eigenvalue weighted by Gasteiger charge is -2.20. The standard InChI is InChI=1S/C27H31ClFN5O4/c1-34(14-26(36-2)37-3)10-4-5-25(35)33-23-12-19-22(13-24(23)38-15-17-6-7-17)30-16-31-27(19)32-18-8-9-21(29)20(28)11-18/h4-5,8-9,11-13,16-17,26H,6-7,10,14-15H2,1-3H3,(H,33,35)(H,30,31,32). The summed E-state index contributed by atoms with van der Waals surface area (Å²) in [6.07, 6.45) is 6.58. The van der Waals surface area contributed by atoms with E-state index < -0.39 is 5.82 Å². The Morgan fingerprint density at radius 3 is 2.74 bits per heavy atom. The Bertz CT molecular complexity index is 1300. The molecule has 4 rings (SSSR count). The summed E-state index contributed by atoms with van der Waals surface area (Å²) < 4.78 is 30.1. The van der Waals surface area contributed by atoms with Crippen LogP contribution in [-0.4, -0.2) is 68.0 Å². The molecule has 2 aromatic carbocycles. The van der Waals surface area contributed by atoms with Gasteiger partial charge in [0.05, 0.1) is 22.8 Å². The van der Waals surface area contributed by atoms with E-state index in [2.05, 4.69) is 20.6 Å². The lowest BCUT2D eigenvalue weighted by Crippen LogP contribution is -2.31. The van der Waals surface area contributed by atoms with Crippen LogP contribution in [0.1, 0.15) is 12.8 Å². The molecule has 11 heteroatoms. The van der Waals surface area contributed by atoms with E-state index in [9.17, 15) is 9.18 Å². The lowest BCUT2D eigenvalue weighted by atomic mass is 10.1. The predicted octanol–water partition coefficient (Wildman–Crippen LogP) is 5.00. The molecule has 0 spiro atoms. The van der Waals surface area contributed by atoms with E-state index in [4.69, 9.17) is 25.8 Å². The minimum absolute atomic E-state index is 0.00512. The Labute approximate surface area is 225 Å². The molecule has 1 aliphatic carbocycles. The van der Waals surface area contributed by atoms with Gasteiger partial charge in [-0.1, -0.05) is 17.7 Å². The van der Waals surface area contributed by atoms with Crippen LogP contribution in [0, 0.1) is 11.7 Å². The van der Waals surface area contributed by atoms with Crippen LogP contribution in [0.25, 0.3) is 10.9 Å². The Morgan fingerprint density at radius 2 is 2.03 bits per heavy atom. The van der Waals surface area contributed by atoms with Crippen molar-refractivity contribution in [1.82, 2.24) is 14.9 Å². The van der Waals surface area contributed by atoms with Crippen LogP contribution in [0.4, 0.5) is 21.6 Å². The Balaban J connectivity index is 1.54. The second-order valence-electron chi connectivity index (χ2n) is 9.11. The number of likely N-dealkylation sites (N-methyl/N-ethyl adjacent to an activating group) is 1. The molecule has 1 amide bonds. The molecule has 9 nitrogen and oxygen atoms in total. The zero-order valence-electron chi connectivity index (χ0n) is 21.5. The number of anilines is 3. The minimum Gasteiger partial charge on any atom is -0.491 e. The van der Waals surface area contributed by atoms with E-state index in [-0.39, 0.29) is 17.2 Å². The number of nitrogens with zero attached hydrogens (tertiary/aromatic N) is 3. The molecule has 2 N–H and O–H groups in total. The summed E-state index contributed by atoms with van der Waals surface area (Å²) in [7, 11) is 5.07. The van der Waals surface area contributed by atoms with Crippen LogP contribution in [0.15, 0.2) is 48.8 Å². The fraction of sp³-hybridized carbons (Fsp3) is 0.370. The number of rotatable bonds is 13. The topological polar surface area (TPSA) is 97.8 Å². The number of methoxy groups -OCH3 is 2.